The van der Waals surface area contributed by atoms with Gasteiger partial charge in [-0.2, -0.15) is 5.10 Å². The third kappa shape index (κ3) is 3.36. The van der Waals surface area contributed by atoms with Gasteiger partial charge in [0.1, 0.15) is 5.60 Å². The molecule has 24 heavy (non-hydrogen) atoms. The maximum Gasteiger partial charge on any atom is 0.319 e. The van der Waals surface area contributed by atoms with Crippen molar-refractivity contribution < 1.29 is 9.90 Å². The fourth-order valence-electron chi connectivity index (χ4n) is 2.43. The van der Waals surface area contributed by atoms with Crippen LogP contribution in [0.15, 0.2) is 48.9 Å². The van der Waals surface area contributed by atoms with E-state index < -0.39 is 11.6 Å². The number of aliphatic hydroxyl groups is 1. The van der Waals surface area contributed by atoms with Crippen LogP contribution in [0, 0.1) is 0 Å². The zero-order valence-corrected chi connectivity index (χ0v) is 13.5. The number of hydrogen-bond acceptors (Lipinski definition) is 4. The zero-order valence-electron chi connectivity index (χ0n) is 13.5. The topological polar surface area (TPSA) is 92.1 Å². The van der Waals surface area contributed by atoms with Crippen molar-refractivity contribution in [2.45, 2.75) is 12.5 Å². The minimum absolute atomic E-state index is 0.0583. The molecule has 0 aliphatic heterocycles. The van der Waals surface area contributed by atoms with Crippen LogP contribution in [0.1, 0.15) is 12.5 Å². The molecule has 1 atom stereocenters. The fourth-order valence-corrected chi connectivity index (χ4v) is 2.43. The predicted molar refractivity (Wildman–Crippen MR) is 91.5 cm³/mol. The van der Waals surface area contributed by atoms with Crippen molar-refractivity contribution in [3.63, 3.8) is 0 Å². The van der Waals surface area contributed by atoms with Crippen LogP contribution in [0.3, 0.4) is 0 Å². The van der Waals surface area contributed by atoms with Crippen molar-refractivity contribution >= 4 is 22.6 Å². The summed E-state index contributed by atoms with van der Waals surface area (Å²) in [6, 6.07) is 8.94. The van der Waals surface area contributed by atoms with Gasteiger partial charge >= 0.3 is 6.03 Å². The number of nitrogens with zero attached hydrogens (tertiary/aromatic N) is 3. The molecular weight excluding hydrogens is 306 g/mol. The molecule has 2 aromatic heterocycles. The molecule has 0 saturated carbocycles. The molecule has 3 rings (SSSR count). The number of pyridine rings is 1. The Balaban J connectivity index is 1.67. The number of hydrogen-bond donors (Lipinski definition) is 3. The van der Waals surface area contributed by atoms with Gasteiger partial charge in [-0.25, -0.2) is 4.79 Å². The van der Waals surface area contributed by atoms with Crippen molar-refractivity contribution in [2.75, 3.05) is 11.9 Å². The monoisotopic (exact) mass is 325 g/mol. The number of rotatable bonds is 4. The Labute approximate surface area is 139 Å². The van der Waals surface area contributed by atoms with E-state index >= 15 is 0 Å². The largest absolute Gasteiger partial charge is 0.383 e. The van der Waals surface area contributed by atoms with E-state index in [0.29, 0.717) is 16.8 Å². The number of aromatic nitrogens is 3. The van der Waals surface area contributed by atoms with Crippen LogP contribution in [0.4, 0.5) is 10.5 Å². The number of carbonyl (C=O) groups is 1. The summed E-state index contributed by atoms with van der Waals surface area (Å²) in [5.74, 6) is 0. The van der Waals surface area contributed by atoms with Gasteiger partial charge in [0.2, 0.25) is 0 Å². The normalized spacial score (nSPS) is 13.5. The lowest BCUT2D eigenvalue weighted by Crippen LogP contribution is -2.40. The third-order valence-corrected chi connectivity index (χ3v) is 3.80. The molecule has 0 bridgehead atoms. The Kier molecular flexibility index (Phi) is 4.18. The molecule has 7 nitrogen and oxygen atoms in total. The minimum atomic E-state index is -1.21. The summed E-state index contributed by atoms with van der Waals surface area (Å²) in [5, 5.41) is 20.9. The molecule has 0 spiro atoms. The van der Waals surface area contributed by atoms with Crippen molar-refractivity contribution in [3.05, 3.63) is 54.5 Å². The van der Waals surface area contributed by atoms with E-state index in [0.717, 1.165) is 5.39 Å². The van der Waals surface area contributed by atoms with Gasteiger partial charge in [0.25, 0.3) is 0 Å². The predicted octanol–water partition coefficient (Wildman–Crippen LogP) is 2.00. The van der Waals surface area contributed by atoms with Crippen LogP contribution in [0.25, 0.3) is 10.9 Å². The highest BCUT2D eigenvalue weighted by molar-refractivity contribution is 5.99. The van der Waals surface area contributed by atoms with E-state index in [4.69, 9.17) is 0 Å². The van der Waals surface area contributed by atoms with E-state index in [1.165, 1.54) is 0 Å². The van der Waals surface area contributed by atoms with E-state index in [2.05, 4.69) is 20.7 Å². The van der Waals surface area contributed by atoms with Gasteiger partial charge in [-0.15, -0.1) is 0 Å². The van der Waals surface area contributed by atoms with E-state index in [1.807, 2.05) is 24.3 Å². The van der Waals surface area contributed by atoms with Crippen LogP contribution in [-0.2, 0) is 12.6 Å². The van der Waals surface area contributed by atoms with Gasteiger partial charge < -0.3 is 15.7 Å². The molecule has 0 fully saturated rings. The second-order valence-electron chi connectivity index (χ2n) is 5.86. The van der Waals surface area contributed by atoms with Gasteiger partial charge in [0.15, 0.2) is 0 Å². The molecule has 124 valence electrons. The van der Waals surface area contributed by atoms with Crippen LogP contribution in [0.2, 0.25) is 0 Å². The number of nitrogens with one attached hydrogen (secondary N) is 2. The average molecular weight is 325 g/mol. The molecule has 3 N–H and O–H groups in total. The van der Waals surface area contributed by atoms with Crippen LogP contribution < -0.4 is 10.6 Å². The van der Waals surface area contributed by atoms with E-state index in [1.54, 1.807) is 43.3 Å². The zero-order chi connectivity index (χ0) is 17.2. The molecule has 1 aromatic carbocycles. The summed E-state index contributed by atoms with van der Waals surface area (Å²) in [4.78, 5) is 16.4. The number of anilines is 1. The molecule has 0 radical (unpaired) electrons. The summed E-state index contributed by atoms with van der Waals surface area (Å²) in [7, 11) is 1.77. The molecule has 3 aromatic rings. The van der Waals surface area contributed by atoms with Crippen LogP contribution in [-0.4, -0.2) is 32.4 Å². The molecule has 2 amide bonds. The number of fused-ring (bicyclic) bond motifs is 1. The Morgan fingerprint density at radius 3 is 2.88 bits per heavy atom. The summed E-state index contributed by atoms with van der Waals surface area (Å²) in [6.45, 7) is 1.69. The Hall–Kier alpha value is -2.93. The first-order valence-corrected chi connectivity index (χ1v) is 7.56. The van der Waals surface area contributed by atoms with Gasteiger partial charge in [-0.05, 0) is 19.1 Å². The first-order valence-electron chi connectivity index (χ1n) is 7.56. The number of urea groups is 1. The summed E-state index contributed by atoms with van der Waals surface area (Å²) >= 11 is 0. The molecule has 2 heterocycles. The van der Waals surface area contributed by atoms with Gasteiger partial charge in [0.05, 0.1) is 23.9 Å². The highest BCUT2D eigenvalue weighted by Gasteiger charge is 2.25. The highest BCUT2D eigenvalue weighted by Crippen LogP contribution is 2.21. The Morgan fingerprint density at radius 2 is 2.12 bits per heavy atom. The molecule has 0 unspecified atom stereocenters. The quantitative estimate of drug-likeness (QED) is 0.684. The second-order valence-corrected chi connectivity index (χ2v) is 5.86. The average Bonchev–Trinajstić information content (AvgIpc) is 3.01. The SMILES string of the molecule is Cn1cc([C@](C)(O)CNC(=O)Nc2cccc3cccnc23)cn1. The fraction of sp³-hybridized carbons (Fsp3) is 0.235. The first kappa shape index (κ1) is 15.9. The molecule has 0 aliphatic carbocycles. The lowest BCUT2D eigenvalue weighted by molar-refractivity contribution is 0.0599. The maximum atomic E-state index is 12.2. The smallest absolute Gasteiger partial charge is 0.319 e. The third-order valence-electron chi connectivity index (χ3n) is 3.80. The maximum absolute atomic E-state index is 12.2. The van der Waals surface area contributed by atoms with Crippen LogP contribution >= 0.6 is 0 Å². The molecule has 7 heteroatoms. The van der Waals surface area contributed by atoms with Gasteiger partial charge in [-0.1, -0.05) is 18.2 Å². The highest BCUT2D eigenvalue weighted by atomic mass is 16.3. The van der Waals surface area contributed by atoms with E-state index in [-0.39, 0.29) is 6.54 Å². The van der Waals surface area contributed by atoms with Crippen molar-refractivity contribution in [2.24, 2.45) is 7.05 Å². The lowest BCUT2D eigenvalue weighted by atomic mass is 10.00. The Morgan fingerprint density at radius 1 is 1.33 bits per heavy atom. The standard InChI is InChI=1S/C17H19N5O2/c1-17(24,13-9-20-22(2)10-13)11-19-16(23)21-14-7-3-5-12-6-4-8-18-15(12)14/h3-10,24H,11H2,1-2H3,(H2,19,21,23)/t17-/m1/s1. The van der Waals surface area contributed by atoms with Crippen LogP contribution in [0.5, 0.6) is 0 Å². The number of para-hydroxylation sites is 1. The molecular formula is C17H19N5O2. The lowest BCUT2D eigenvalue weighted by Gasteiger charge is -2.22. The Bertz CT molecular complexity index is 867. The van der Waals surface area contributed by atoms with Gasteiger partial charge in [-0.3, -0.25) is 9.67 Å². The van der Waals surface area contributed by atoms with Crippen molar-refractivity contribution in [3.8, 4) is 0 Å². The molecule has 0 saturated heterocycles. The number of benzene rings is 1. The van der Waals surface area contributed by atoms with Gasteiger partial charge in [0, 0.05) is 30.4 Å². The first-order chi connectivity index (χ1) is 11.5. The molecule has 0 aliphatic rings. The second kappa shape index (κ2) is 6.29. The number of carbonyl (C=O) groups excluding carboxylic acids is 1. The van der Waals surface area contributed by atoms with Crippen molar-refractivity contribution in [1.29, 1.82) is 0 Å². The summed E-state index contributed by atoms with van der Waals surface area (Å²) < 4.78 is 1.60. The van der Waals surface area contributed by atoms with Crippen molar-refractivity contribution in [1.82, 2.24) is 20.1 Å². The summed E-state index contributed by atoms with van der Waals surface area (Å²) in [5.41, 5.74) is 0.765. The number of amides is 2. The number of aryl methyl sites for hydroxylation is 1. The minimum Gasteiger partial charge on any atom is -0.383 e. The van der Waals surface area contributed by atoms with E-state index in [9.17, 15) is 9.90 Å². The summed E-state index contributed by atoms with van der Waals surface area (Å²) in [6.07, 6.45) is 4.97.